The number of carbonyl (C=O) groups excluding carboxylic acids is 1. The highest BCUT2D eigenvalue weighted by Gasteiger charge is 2.30. The van der Waals surface area contributed by atoms with Gasteiger partial charge < -0.3 is 9.64 Å². The maximum Gasteiger partial charge on any atom is 0.260 e. The summed E-state index contributed by atoms with van der Waals surface area (Å²) in [6.07, 6.45) is 0. The van der Waals surface area contributed by atoms with Gasteiger partial charge in [-0.25, -0.2) is 22.5 Å². The van der Waals surface area contributed by atoms with Gasteiger partial charge in [-0.15, -0.1) is 5.10 Å². The van der Waals surface area contributed by atoms with E-state index in [1.165, 1.54) is 22.5 Å². The maximum atomic E-state index is 13.4. The monoisotopic (exact) mass is 461 g/mol. The summed E-state index contributed by atoms with van der Waals surface area (Å²) >= 11 is 0. The van der Waals surface area contributed by atoms with Crippen molar-refractivity contribution in [2.75, 3.05) is 32.8 Å². The average Bonchev–Trinajstić information content (AvgIpc) is 3.07. The second kappa shape index (κ2) is 8.47. The molecule has 0 radical (unpaired) electrons. The first kappa shape index (κ1) is 22.2. The topological polar surface area (TPSA) is 97.6 Å². The van der Waals surface area contributed by atoms with Gasteiger partial charge in [0.1, 0.15) is 5.82 Å². The zero-order chi connectivity index (χ0) is 23.0. The van der Waals surface area contributed by atoms with E-state index in [-0.39, 0.29) is 43.6 Å². The zero-order valence-corrected chi connectivity index (χ0v) is 18.9. The van der Waals surface area contributed by atoms with Gasteiger partial charge in [0.05, 0.1) is 10.3 Å². The van der Waals surface area contributed by atoms with Crippen molar-refractivity contribution in [3.05, 3.63) is 47.4 Å². The van der Waals surface area contributed by atoms with E-state index in [1.807, 2.05) is 19.9 Å². The highest BCUT2D eigenvalue weighted by atomic mass is 32.2. The molecule has 1 aliphatic heterocycles. The molecule has 1 saturated heterocycles. The van der Waals surface area contributed by atoms with Crippen molar-refractivity contribution >= 4 is 27.0 Å². The quantitative estimate of drug-likeness (QED) is 0.573. The molecule has 3 heterocycles. The Kier molecular flexibility index (Phi) is 5.87. The molecule has 170 valence electrons. The van der Waals surface area contributed by atoms with Crippen molar-refractivity contribution in [3.63, 3.8) is 0 Å². The lowest BCUT2D eigenvalue weighted by atomic mass is 10.2. The van der Waals surface area contributed by atoms with Crippen molar-refractivity contribution in [1.29, 1.82) is 0 Å². The molecule has 0 unspecified atom stereocenters. The number of amides is 1. The second-order valence-corrected chi connectivity index (χ2v) is 9.68. The molecule has 3 aromatic rings. The summed E-state index contributed by atoms with van der Waals surface area (Å²) in [5, 5.41) is 5.10. The van der Waals surface area contributed by atoms with Crippen LogP contribution >= 0.6 is 0 Å². The van der Waals surface area contributed by atoms with Gasteiger partial charge in [-0.3, -0.25) is 4.79 Å². The van der Waals surface area contributed by atoms with E-state index in [9.17, 15) is 17.6 Å². The lowest BCUT2D eigenvalue weighted by molar-refractivity contribution is -0.134. The van der Waals surface area contributed by atoms with E-state index >= 15 is 0 Å². The third kappa shape index (κ3) is 4.17. The van der Waals surface area contributed by atoms with E-state index in [0.717, 1.165) is 22.7 Å². The molecule has 0 aliphatic carbocycles. The van der Waals surface area contributed by atoms with Crippen LogP contribution in [0.25, 0.3) is 11.0 Å². The molecule has 0 spiro atoms. The van der Waals surface area contributed by atoms with Crippen LogP contribution in [0.5, 0.6) is 5.88 Å². The van der Waals surface area contributed by atoms with Gasteiger partial charge in [0.25, 0.3) is 5.91 Å². The Bertz CT molecular complexity index is 1280. The summed E-state index contributed by atoms with van der Waals surface area (Å²) in [6, 6.07) is 6.84. The Hall–Kier alpha value is -3.05. The van der Waals surface area contributed by atoms with Gasteiger partial charge in [0, 0.05) is 38.9 Å². The predicted molar refractivity (Wildman–Crippen MR) is 115 cm³/mol. The normalized spacial score (nSPS) is 15.3. The number of aromatic nitrogens is 3. The third-order valence-corrected chi connectivity index (χ3v) is 7.34. The molecule has 9 nitrogen and oxygen atoms in total. The van der Waals surface area contributed by atoms with Crippen molar-refractivity contribution in [3.8, 4) is 5.88 Å². The summed E-state index contributed by atoms with van der Waals surface area (Å²) < 4.78 is 47.5. The fourth-order valence-electron chi connectivity index (χ4n) is 3.83. The van der Waals surface area contributed by atoms with Crippen molar-refractivity contribution in [1.82, 2.24) is 24.0 Å². The van der Waals surface area contributed by atoms with Crippen LogP contribution in [0.3, 0.4) is 0 Å². The first-order valence-electron chi connectivity index (χ1n) is 10.1. The number of aryl methyl sites for hydroxylation is 3. The molecular weight excluding hydrogens is 437 g/mol. The van der Waals surface area contributed by atoms with Crippen molar-refractivity contribution in [2.24, 2.45) is 7.05 Å². The molecule has 0 N–H and O–H groups in total. The highest BCUT2D eigenvalue weighted by Crippen LogP contribution is 2.27. The summed E-state index contributed by atoms with van der Waals surface area (Å²) in [4.78, 5) is 18.6. The number of pyridine rings is 1. The molecule has 4 rings (SSSR count). The van der Waals surface area contributed by atoms with E-state index < -0.39 is 15.8 Å². The molecule has 0 bridgehead atoms. The number of piperazine rings is 1. The zero-order valence-electron chi connectivity index (χ0n) is 18.1. The van der Waals surface area contributed by atoms with E-state index in [2.05, 4.69) is 10.1 Å². The van der Waals surface area contributed by atoms with Crippen LogP contribution in [0.1, 0.15) is 11.3 Å². The highest BCUT2D eigenvalue weighted by molar-refractivity contribution is 7.89. The van der Waals surface area contributed by atoms with Crippen molar-refractivity contribution in [2.45, 2.75) is 18.7 Å². The number of sulfonamides is 1. The molecule has 1 aromatic carbocycles. The van der Waals surface area contributed by atoms with Crippen LogP contribution in [0.2, 0.25) is 0 Å². The first-order chi connectivity index (χ1) is 15.2. The molecule has 0 saturated carbocycles. The van der Waals surface area contributed by atoms with E-state index in [1.54, 1.807) is 16.6 Å². The number of halogens is 1. The lowest BCUT2D eigenvalue weighted by Gasteiger charge is -2.33. The Morgan fingerprint density at radius 3 is 2.56 bits per heavy atom. The van der Waals surface area contributed by atoms with Gasteiger partial charge in [-0.1, -0.05) is 6.07 Å². The van der Waals surface area contributed by atoms with Gasteiger partial charge in [-0.2, -0.15) is 4.31 Å². The van der Waals surface area contributed by atoms with Crippen LogP contribution in [-0.2, 0) is 21.9 Å². The SMILES string of the molecule is Cc1cc(C)c2c(OCC(=O)N3CCN(S(=O)(=O)c4cccc(F)c4)CC3)nn(C)c2n1. The number of nitrogens with zero attached hydrogens (tertiary/aromatic N) is 5. The smallest absolute Gasteiger partial charge is 0.260 e. The molecule has 32 heavy (non-hydrogen) atoms. The van der Waals surface area contributed by atoms with Gasteiger partial charge in [-0.05, 0) is 43.7 Å². The third-order valence-electron chi connectivity index (χ3n) is 5.44. The fraction of sp³-hybridized carbons (Fsp3) is 0.381. The molecular formula is C21H24FN5O4S. The van der Waals surface area contributed by atoms with Gasteiger partial charge >= 0.3 is 0 Å². The van der Waals surface area contributed by atoms with E-state index in [4.69, 9.17) is 4.74 Å². The standard InChI is InChI=1S/C21H24FN5O4S/c1-14-11-15(2)23-20-19(14)21(24-25(20)3)31-13-18(28)26-7-9-27(10-8-26)32(29,30)17-6-4-5-16(22)12-17/h4-6,11-12H,7-10,13H2,1-3H3. The molecule has 1 aliphatic rings. The number of carbonyl (C=O) groups is 1. The van der Waals surface area contributed by atoms with Crippen LogP contribution in [0.15, 0.2) is 35.2 Å². The maximum absolute atomic E-state index is 13.4. The van der Waals surface area contributed by atoms with Crippen LogP contribution in [-0.4, -0.2) is 71.1 Å². The molecule has 2 aromatic heterocycles. The van der Waals surface area contributed by atoms with Crippen molar-refractivity contribution < 1.29 is 22.3 Å². The molecule has 11 heteroatoms. The number of hydrogen-bond donors (Lipinski definition) is 0. The lowest BCUT2D eigenvalue weighted by Crippen LogP contribution is -2.51. The van der Waals surface area contributed by atoms with Gasteiger partial charge in [0.15, 0.2) is 12.3 Å². The minimum absolute atomic E-state index is 0.0955. The summed E-state index contributed by atoms with van der Waals surface area (Å²) in [5.41, 5.74) is 2.51. The fourth-order valence-corrected chi connectivity index (χ4v) is 5.28. The largest absolute Gasteiger partial charge is 0.466 e. The van der Waals surface area contributed by atoms with Crippen LogP contribution in [0.4, 0.5) is 4.39 Å². The van der Waals surface area contributed by atoms with E-state index in [0.29, 0.717) is 11.5 Å². The Morgan fingerprint density at radius 2 is 1.88 bits per heavy atom. The second-order valence-electron chi connectivity index (χ2n) is 7.74. The number of benzene rings is 1. The number of fused-ring (bicyclic) bond motifs is 1. The summed E-state index contributed by atoms with van der Waals surface area (Å²) in [5.74, 6) is -0.530. The van der Waals surface area contributed by atoms with Crippen LogP contribution < -0.4 is 4.74 Å². The summed E-state index contributed by atoms with van der Waals surface area (Å²) in [7, 11) is -2.05. The first-order valence-corrected chi connectivity index (χ1v) is 11.6. The molecule has 0 atom stereocenters. The minimum atomic E-state index is -3.81. The summed E-state index contributed by atoms with van der Waals surface area (Å²) in [6.45, 7) is 4.32. The minimum Gasteiger partial charge on any atom is -0.466 e. The Morgan fingerprint density at radius 1 is 1.16 bits per heavy atom. The van der Waals surface area contributed by atoms with Gasteiger partial charge in [0.2, 0.25) is 15.9 Å². The number of hydrogen-bond acceptors (Lipinski definition) is 6. The predicted octanol–water partition coefficient (Wildman–Crippen LogP) is 1.64. The Balaban J connectivity index is 1.39. The number of rotatable bonds is 5. The average molecular weight is 462 g/mol. The number of ether oxygens (including phenoxy) is 1. The Labute approximate surface area is 185 Å². The molecule has 1 amide bonds. The van der Waals surface area contributed by atoms with Crippen LogP contribution in [0, 0.1) is 19.7 Å². The molecule has 1 fully saturated rings.